The van der Waals surface area contributed by atoms with Gasteiger partial charge in [-0.25, -0.2) is 4.79 Å². The summed E-state index contributed by atoms with van der Waals surface area (Å²) in [4.78, 5) is 30.8. The van der Waals surface area contributed by atoms with Gasteiger partial charge in [0.05, 0.1) is 5.56 Å². The van der Waals surface area contributed by atoms with Crippen molar-refractivity contribution in [3.63, 3.8) is 0 Å². The summed E-state index contributed by atoms with van der Waals surface area (Å²) >= 11 is 5.91. The molecule has 0 aliphatic carbocycles. The van der Waals surface area contributed by atoms with Crippen molar-refractivity contribution in [2.24, 2.45) is 0 Å². The highest BCUT2D eigenvalue weighted by Gasteiger charge is 2.25. The molecular weight excluding hydrogens is 316 g/mol. The van der Waals surface area contributed by atoms with E-state index in [4.69, 9.17) is 11.6 Å². The van der Waals surface area contributed by atoms with Crippen LogP contribution in [-0.2, 0) is 0 Å². The van der Waals surface area contributed by atoms with Crippen LogP contribution in [0.4, 0.5) is 10.5 Å². The Hall–Kier alpha value is -2.47. The van der Waals surface area contributed by atoms with Crippen molar-refractivity contribution in [1.82, 2.24) is 14.8 Å². The minimum atomic E-state index is -0.180. The fraction of sp³-hybridized carbons (Fsp3) is 0.250. The zero-order chi connectivity index (χ0) is 16.2. The van der Waals surface area contributed by atoms with Crippen LogP contribution >= 0.6 is 11.6 Å². The zero-order valence-electron chi connectivity index (χ0n) is 12.5. The molecular formula is C16H17ClN4O2. The van der Waals surface area contributed by atoms with Gasteiger partial charge in [0.25, 0.3) is 5.91 Å². The molecule has 0 bridgehead atoms. The number of amides is 3. The monoisotopic (exact) mass is 332 g/mol. The van der Waals surface area contributed by atoms with Crippen molar-refractivity contribution in [3.8, 4) is 0 Å². The molecule has 2 aromatic rings. The van der Waals surface area contributed by atoms with E-state index in [9.17, 15) is 9.59 Å². The molecule has 1 saturated heterocycles. The topological polar surface area (TPSA) is 68.4 Å². The van der Waals surface area contributed by atoms with E-state index >= 15 is 0 Å². The Morgan fingerprint density at radius 1 is 1.09 bits per heavy atom. The second-order valence-corrected chi connectivity index (χ2v) is 5.76. The molecule has 0 radical (unpaired) electrons. The van der Waals surface area contributed by atoms with Gasteiger partial charge in [-0.1, -0.05) is 17.7 Å². The van der Waals surface area contributed by atoms with Crippen molar-refractivity contribution in [3.05, 3.63) is 53.3 Å². The van der Waals surface area contributed by atoms with E-state index in [0.717, 1.165) is 0 Å². The molecule has 7 heteroatoms. The summed E-state index contributed by atoms with van der Waals surface area (Å²) in [6, 6.07) is 8.59. The lowest BCUT2D eigenvalue weighted by Gasteiger charge is -2.34. The Morgan fingerprint density at radius 2 is 1.83 bits per heavy atom. The van der Waals surface area contributed by atoms with E-state index in [0.29, 0.717) is 42.5 Å². The third-order valence-corrected chi connectivity index (χ3v) is 4.01. The second-order valence-electron chi connectivity index (χ2n) is 5.32. The summed E-state index contributed by atoms with van der Waals surface area (Å²) in [5.41, 5.74) is 1.30. The lowest BCUT2D eigenvalue weighted by Crippen LogP contribution is -2.51. The van der Waals surface area contributed by atoms with Gasteiger partial charge in [-0.05, 0) is 24.3 Å². The van der Waals surface area contributed by atoms with E-state index in [2.05, 4.69) is 10.3 Å². The van der Waals surface area contributed by atoms with E-state index in [-0.39, 0.29) is 11.9 Å². The van der Waals surface area contributed by atoms with E-state index in [1.165, 1.54) is 0 Å². The Kier molecular flexibility index (Phi) is 4.52. The molecule has 0 unspecified atom stereocenters. The molecule has 2 heterocycles. The van der Waals surface area contributed by atoms with Crippen LogP contribution in [0.25, 0.3) is 0 Å². The maximum atomic E-state index is 12.2. The van der Waals surface area contributed by atoms with Crippen molar-refractivity contribution < 1.29 is 9.59 Å². The zero-order valence-corrected chi connectivity index (χ0v) is 13.2. The molecule has 1 aliphatic rings. The standard InChI is InChI=1S/C16H17ClN4O2/c17-13-2-1-3-14(10-13)19-16(23)21-8-6-20(7-9-21)15(22)12-4-5-18-11-12/h1-5,10-11,18H,6-9H2,(H,19,23). The number of benzene rings is 1. The largest absolute Gasteiger partial charge is 0.367 e. The lowest BCUT2D eigenvalue weighted by atomic mass is 10.2. The molecule has 0 saturated carbocycles. The van der Waals surface area contributed by atoms with Crippen LogP contribution in [0.3, 0.4) is 0 Å². The van der Waals surface area contributed by atoms with Crippen LogP contribution in [0.1, 0.15) is 10.4 Å². The molecule has 23 heavy (non-hydrogen) atoms. The van der Waals surface area contributed by atoms with Crippen LogP contribution in [0, 0.1) is 0 Å². The summed E-state index contributed by atoms with van der Waals surface area (Å²) in [7, 11) is 0. The van der Waals surface area contributed by atoms with Gasteiger partial charge in [-0.2, -0.15) is 0 Å². The van der Waals surface area contributed by atoms with Crippen LogP contribution in [0.15, 0.2) is 42.7 Å². The summed E-state index contributed by atoms with van der Waals surface area (Å²) in [6.45, 7) is 2.05. The Bertz CT molecular complexity index is 694. The number of hydrogen-bond donors (Lipinski definition) is 2. The van der Waals surface area contributed by atoms with Crippen LogP contribution < -0.4 is 5.32 Å². The van der Waals surface area contributed by atoms with Gasteiger partial charge in [-0.15, -0.1) is 0 Å². The maximum absolute atomic E-state index is 12.2. The highest BCUT2D eigenvalue weighted by atomic mass is 35.5. The molecule has 0 spiro atoms. The molecule has 3 rings (SSSR count). The Labute approximate surface area is 139 Å². The molecule has 1 aromatic heterocycles. The average Bonchev–Trinajstić information content (AvgIpc) is 3.09. The number of aromatic amines is 1. The first kappa shape index (κ1) is 15.4. The van der Waals surface area contributed by atoms with Gasteiger partial charge in [0.1, 0.15) is 0 Å². The molecule has 6 nitrogen and oxygen atoms in total. The SMILES string of the molecule is O=C(Nc1cccc(Cl)c1)N1CCN(C(=O)c2cc[nH]c2)CC1. The second kappa shape index (κ2) is 6.75. The van der Waals surface area contributed by atoms with Gasteiger partial charge in [0, 0.05) is 49.3 Å². The summed E-state index contributed by atoms with van der Waals surface area (Å²) in [5.74, 6) is -0.0128. The van der Waals surface area contributed by atoms with Crippen LogP contribution in [0.2, 0.25) is 5.02 Å². The third kappa shape index (κ3) is 3.65. The number of H-pyrrole nitrogens is 1. The van der Waals surface area contributed by atoms with E-state index in [1.54, 1.807) is 52.5 Å². The minimum Gasteiger partial charge on any atom is -0.367 e. The Morgan fingerprint density at radius 3 is 2.48 bits per heavy atom. The number of halogens is 1. The van der Waals surface area contributed by atoms with Crippen molar-refractivity contribution in [1.29, 1.82) is 0 Å². The van der Waals surface area contributed by atoms with Crippen LogP contribution in [0.5, 0.6) is 0 Å². The highest BCUT2D eigenvalue weighted by Crippen LogP contribution is 2.16. The van der Waals surface area contributed by atoms with Crippen molar-refractivity contribution in [2.45, 2.75) is 0 Å². The number of hydrogen-bond acceptors (Lipinski definition) is 2. The molecule has 1 fully saturated rings. The van der Waals surface area contributed by atoms with Crippen molar-refractivity contribution >= 4 is 29.2 Å². The predicted octanol–water partition coefficient (Wildman–Crippen LogP) is 2.66. The molecule has 1 aliphatic heterocycles. The smallest absolute Gasteiger partial charge is 0.321 e. The molecule has 0 atom stereocenters. The number of rotatable bonds is 2. The average molecular weight is 333 g/mol. The van der Waals surface area contributed by atoms with Gasteiger partial charge in [-0.3, -0.25) is 4.79 Å². The number of nitrogens with one attached hydrogen (secondary N) is 2. The van der Waals surface area contributed by atoms with Gasteiger partial charge in [0.2, 0.25) is 0 Å². The lowest BCUT2D eigenvalue weighted by molar-refractivity contribution is 0.0672. The summed E-state index contributed by atoms with van der Waals surface area (Å²) in [6.07, 6.45) is 3.41. The number of carbonyl (C=O) groups is 2. The number of piperazine rings is 1. The van der Waals surface area contributed by atoms with Gasteiger partial charge in [0.15, 0.2) is 0 Å². The van der Waals surface area contributed by atoms with Crippen molar-refractivity contribution in [2.75, 3.05) is 31.5 Å². The number of nitrogens with zero attached hydrogens (tertiary/aromatic N) is 2. The minimum absolute atomic E-state index is 0.0128. The number of aromatic nitrogens is 1. The summed E-state index contributed by atoms with van der Waals surface area (Å²) in [5, 5.41) is 3.39. The van der Waals surface area contributed by atoms with Gasteiger partial charge < -0.3 is 20.1 Å². The quantitative estimate of drug-likeness (QED) is 0.887. The Balaban J connectivity index is 1.54. The number of carbonyl (C=O) groups excluding carboxylic acids is 2. The fourth-order valence-electron chi connectivity index (χ4n) is 2.52. The third-order valence-electron chi connectivity index (χ3n) is 3.77. The number of anilines is 1. The first-order valence-corrected chi connectivity index (χ1v) is 7.75. The first-order chi connectivity index (χ1) is 11.1. The highest BCUT2D eigenvalue weighted by molar-refractivity contribution is 6.30. The van der Waals surface area contributed by atoms with Crippen LogP contribution in [-0.4, -0.2) is 52.9 Å². The molecule has 120 valence electrons. The molecule has 2 N–H and O–H groups in total. The van der Waals surface area contributed by atoms with E-state index < -0.39 is 0 Å². The maximum Gasteiger partial charge on any atom is 0.321 e. The summed E-state index contributed by atoms with van der Waals surface area (Å²) < 4.78 is 0. The number of urea groups is 1. The fourth-order valence-corrected chi connectivity index (χ4v) is 2.71. The molecule has 1 aromatic carbocycles. The first-order valence-electron chi connectivity index (χ1n) is 7.37. The normalized spacial score (nSPS) is 14.7. The molecule has 3 amide bonds. The van der Waals surface area contributed by atoms with E-state index in [1.807, 2.05) is 0 Å². The predicted molar refractivity (Wildman–Crippen MR) is 88.7 cm³/mol. The van der Waals surface area contributed by atoms with Gasteiger partial charge >= 0.3 is 6.03 Å².